The maximum atomic E-state index is 11.5. The van der Waals surface area contributed by atoms with Crippen LogP contribution in [0.5, 0.6) is 0 Å². The quantitative estimate of drug-likeness (QED) is 0.764. The number of carbonyl (C=O) groups is 1. The molecule has 76 valence electrons. The molecule has 0 saturated heterocycles. The Morgan fingerprint density at radius 1 is 1.36 bits per heavy atom. The first-order valence-electron chi connectivity index (χ1n) is 4.56. The molecule has 0 unspecified atom stereocenters. The average Bonchev–Trinajstić information content (AvgIpc) is 2.18. The average molecular weight is 212 g/mol. The van der Waals surface area contributed by atoms with Crippen molar-refractivity contribution >= 4 is 17.5 Å². The minimum absolute atomic E-state index is 0.0613. The second-order valence-corrected chi connectivity index (χ2v) is 3.62. The minimum atomic E-state index is -0.0613. The van der Waals surface area contributed by atoms with Gasteiger partial charge in [0.15, 0.2) is 0 Å². The summed E-state index contributed by atoms with van der Waals surface area (Å²) in [6.07, 6.45) is 0. The first-order chi connectivity index (χ1) is 6.65. The van der Waals surface area contributed by atoms with Gasteiger partial charge < -0.3 is 5.32 Å². The van der Waals surface area contributed by atoms with Crippen LogP contribution in [0.15, 0.2) is 18.2 Å². The zero-order chi connectivity index (χ0) is 10.6. The molecule has 0 atom stereocenters. The Hall–Kier alpha value is -1.02. The number of rotatable bonds is 3. The van der Waals surface area contributed by atoms with E-state index < -0.39 is 0 Å². The molecule has 0 fully saturated rings. The summed E-state index contributed by atoms with van der Waals surface area (Å²) in [5.74, 6) is 0.380. The first-order valence-corrected chi connectivity index (χ1v) is 5.10. The first kappa shape index (κ1) is 11.1. The Morgan fingerprint density at radius 2 is 2.07 bits per heavy atom. The molecule has 1 aromatic carbocycles. The maximum Gasteiger partial charge on any atom is 0.251 e. The predicted octanol–water partition coefficient (Wildman–Crippen LogP) is 2.27. The van der Waals surface area contributed by atoms with Crippen LogP contribution in [0.1, 0.15) is 21.5 Å². The smallest absolute Gasteiger partial charge is 0.251 e. The van der Waals surface area contributed by atoms with Gasteiger partial charge in [-0.2, -0.15) is 0 Å². The largest absolute Gasteiger partial charge is 0.351 e. The van der Waals surface area contributed by atoms with Gasteiger partial charge in [0, 0.05) is 18.0 Å². The minimum Gasteiger partial charge on any atom is -0.351 e. The molecular formula is C11H14ClNO. The molecule has 1 aromatic rings. The third-order valence-corrected chi connectivity index (χ3v) is 2.34. The van der Waals surface area contributed by atoms with E-state index in [1.807, 2.05) is 32.0 Å². The fourth-order valence-corrected chi connectivity index (χ4v) is 1.24. The van der Waals surface area contributed by atoms with Crippen LogP contribution in [0.4, 0.5) is 0 Å². The van der Waals surface area contributed by atoms with E-state index in [2.05, 4.69) is 5.32 Å². The van der Waals surface area contributed by atoms with Crippen LogP contribution in [-0.4, -0.2) is 18.3 Å². The van der Waals surface area contributed by atoms with Crippen molar-refractivity contribution in [3.05, 3.63) is 34.9 Å². The highest BCUT2D eigenvalue weighted by molar-refractivity contribution is 6.18. The molecule has 1 amide bonds. The summed E-state index contributed by atoms with van der Waals surface area (Å²) in [5, 5.41) is 2.72. The van der Waals surface area contributed by atoms with Gasteiger partial charge in [0.25, 0.3) is 5.91 Å². The van der Waals surface area contributed by atoms with E-state index in [-0.39, 0.29) is 5.91 Å². The summed E-state index contributed by atoms with van der Waals surface area (Å²) in [6, 6.07) is 5.66. The van der Waals surface area contributed by atoms with Crippen LogP contribution in [-0.2, 0) is 0 Å². The van der Waals surface area contributed by atoms with Gasteiger partial charge in [-0.15, -0.1) is 11.6 Å². The number of alkyl halides is 1. The van der Waals surface area contributed by atoms with Crippen LogP contribution >= 0.6 is 11.6 Å². The number of halogens is 1. The van der Waals surface area contributed by atoms with Gasteiger partial charge in [-0.1, -0.05) is 6.07 Å². The summed E-state index contributed by atoms with van der Waals surface area (Å²) in [4.78, 5) is 11.5. The molecule has 0 aromatic heterocycles. The number of hydrogen-bond acceptors (Lipinski definition) is 1. The second-order valence-electron chi connectivity index (χ2n) is 3.24. The van der Waals surface area contributed by atoms with Gasteiger partial charge >= 0.3 is 0 Å². The molecule has 0 bridgehead atoms. The van der Waals surface area contributed by atoms with Crippen molar-refractivity contribution in [1.29, 1.82) is 0 Å². The molecular weight excluding hydrogens is 198 g/mol. The summed E-state index contributed by atoms with van der Waals surface area (Å²) in [6.45, 7) is 4.52. The Labute approximate surface area is 89.3 Å². The van der Waals surface area contributed by atoms with E-state index in [9.17, 15) is 4.79 Å². The van der Waals surface area contributed by atoms with E-state index in [0.717, 1.165) is 5.56 Å². The second kappa shape index (κ2) is 5.01. The molecule has 0 heterocycles. The van der Waals surface area contributed by atoms with Gasteiger partial charge in [-0.3, -0.25) is 4.79 Å². The van der Waals surface area contributed by atoms with Crippen molar-refractivity contribution in [1.82, 2.24) is 5.32 Å². The Balaban J connectivity index is 2.76. The molecule has 14 heavy (non-hydrogen) atoms. The van der Waals surface area contributed by atoms with Gasteiger partial charge in [0.05, 0.1) is 0 Å². The van der Waals surface area contributed by atoms with Crippen LogP contribution in [0, 0.1) is 13.8 Å². The molecule has 1 N–H and O–H groups in total. The van der Waals surface area contributed by atoms with Gasteiger partial charge in [-0.25, -0.2) is 0 Å². The molecule has 2 nitrogen and oxygen atoms in total. The van der Waals surface area contributed by atoms with Crippen LogP contribution in [0.2, 0.25) is 0 Å². The van der Waals surface area contributed by atoms with Crippen molar-refractivity contribution in [2.45, 2.75) is 13.8 Å². The highest BCUT2D eigenvalue weighted by Gasteiger charge is 2.04. The van der Waals surface area contributed by atoms with Crippen LogP contribution in [0.3, 0.4) is 0 Å². The summed E-state index contributed by atoms with van der Waals surface area (Å²) >= 11 is 5.47. The number of amides is 1. The lowest BCUT2D eigenvalue weighted by molar-refractivity contribution is 0.0956. The van der Waals surface area contributed by atoms with Crippen molar-refractivity contribution in [3.63, 3.8) is 0 Å². The third kappa shape index (κ3) is 2.74. The molecule has 0 saturated carbocycles. The SMILES string of the molecule is Cc1ccc(C(=O)NCCCl)cc1C. The zero-order valence-electron chi connectivity index (χ0n) is 8.43. The molecule has 0 radical (unpaired) electrons. The van der Waals surface area contributed by atoms with E-state index in [4.69, 9.17) is 11.6 Å². The number of aryl methyl sites for hydroxylation is 2. The summed E-state index contributed by atoms with van der Waals surface area (Å²) < 4.78 is 0. The van der Waals surface area contributed by atoms with Gasteiger partial charge in [0.2, 0.25) is 0 Å². The van der Waals surface area contributed by atoms with Gasteiger partial charge in [0.1, 0.15) is 0 Å². The Bertz CT molecular complexity index is 336. The van der Waals surface area contributed by atoms with Crippen molar-refractivity contribution in [2.24, 2.45) is 0 Å². The topological polar surface area (TPSA) is 29.1 Å². The van der Waals surface area contributed by atoms with E-state index >= 15 is 0 Å². The van der Waals surface area contributed by atoms with Crippen molar-refractivity contribution in [3.8, 4) is 0 Å². The van der Waals surface area contributed by atoms with E-state index in [1.165, 1.54) is 5.56 Å². The summed E-state index contributed by atoms with van der Waals surface area (Å²) in [5.41, 5.74) is 3.01. The monoisotopic (exact) mass is 211 g/mol. The van der Waals surface area contributed by atoms with Gasteiger partial charge in [-0.05, 0) is 37.1 Å². The lowest BCUT2D eigenvalue weighted by Gasteiger charge is -2.05. The van der Waals surface area contributed by atoms with Crippen molar-refractivity contribution < 1.29 is 4.79 Å². The number of carbonyl (C=O) groups excluding carboxylic acids is 1. The highest BCUT2D eigenvalue weighted by Crippen LogP contribution is 2.09. The number of benzene rings is 1. The third-order valence-electron chi connectivity index (χ3n) is 2.15. The van der Waals surface area contributed by atoms with E-state index in [0.29, 0.717) is 18.0 Å². The highest BCUT2D eigenvalue weighted by atomic mass is 35.5. The molecule has 0 spiro atoms. The molecule has 0 aliphatic carbocycles. The zero-order valence-corrected chi connectivity index (χ0v) is 9.19. The molecule has 0 aliphatic heterocycles. The maximum absolute atomic E-state index is 11.5. The van der Waals surface area contributed by atoms with E-state index in [1.54, 1.807) is 0 Å². The summed E-state index contributed by atoms with van der Waals surface area (Å²) in [7, 11) is 0. The molecule has 0 aliphatic rings. The fraction of sp³-hybridized carbons (Fsp3) is 0.364. The van der Waals surface area contributed by atoms with Crippen LogP contribution in [0.25, 0.3) is 0 Å². The number of hydrogen-bond donors (Lipinski definition) is 1. The van der Waals surface area contributed by atoms with Crippen molar-refractivity contribution in [2.75, 3.05) is 12.4 Å². The normalized spacial score (nSPS) is 9.93. The standard InChI is InChI=1S/C11H14ClNO/c1-8-3-4-10(7-9(8)2)11(14)13-6-5-12/h3-4,7H,5-6H2,1-2H3,(H,13,14). The molecule has 1 rings (SSSR count). The lowest BCUT2D eigenvalue weighted by Crippen LogP contribution is -2.25. The Kier molecular flexibility index (Phi) is 3.96. The molecule has 3 heteroatoms. The predicted molar refractivity (Wildman–Crippen MR) is 59.0 cm³/mol. The number of nitrogens with one attached hydrogen (secondary N) is 1. The van der Waals surface area contributed by atoms with Crippen LogP contribution < -0.4 is 5.32 Å². The fourth-order valence-electron chi connectivity index (χ4n) is 1.15. The Morgan fingerprint density at radius 3 is 2.64 bits per heavy atom. The lowest BCUT2D eigenvalue weighted by atomic mass is 10.1.